The first-order chi connectivity index (χ1) is 26.0. The molecule has 0 aromatic rings. The van der Waals surface area contributed by atoms with Crippen LogP contribution in [0, 0.1) is 0 Å². The summed E-state index contributed by atoms with van der Waals surface area (Å²) in [5.41, 5.74) is 0. The highest BCUT2D eigenvalue weighted by Crippen LogP contribution is 2.38. The zero-order valence-corrected chi connectivity index (χ0v) is 36.0. The molecule has 0 amide bonds. The summed E-state index contributed by atoms with van der Waals surface area (Å²) < 4.78 is 34.2. The van der Waals surface area contributed by atoms with Crippen molar-refractivity contribution in [2.45, 2.75) is 174 Å². The highest BCUT2D eigenvalue weighted by molar-refractivity contribution is 7.45. The van der Waals surface area contributed by atoms with Crippen LogP contribution in [0.1, 0.15) is 168 Å². The van der Waals surface area contributed by atoms with Gasteiger partial charge in [-0.2, -0.15) is 0 Å². The smallest absolute Gasteiger partial charge is 0.305 e. The third kappa shape index (κ3) is 39.7. The summed E-state index contributed by atoms with van der Waals surface area (Å²) in [6.07, 6.45) is 40.6. The minimum absolute atomic E-state index is 0.00956. The SMILES string of the molecule is CCCCCCCC/C=C\CCCCCC/C=C/O[C@H](COC(=O)CCCCCCC/C=C\C=C\C(=O)CCCCC)COP(=O)([O-])OCC[N+](C)(C)C. The standard InChI is InChI=1S/C44H80NO8P/c1-6-8-10-11-12-13-14-15-16-17-18-19-23-26-29-33-38-50-43(41-53-54(48,49)52-39-37-45(3,4)5)40-51-44(47)36-32-28-25-22-20-21-24-27-31-35-42(46)34-30-9-7-2/h15-16,24,27,31,33,35,38,43H,6-14,17-23,25-26,28-30,32,34,36-37,39-41H2,1-5H3/b16-15-,27-24-,35-31+,38-33+/t43-/m1/s1. The first kappa shape index (κ1) is 52.0. The van der Waals surface area contributed by atoms with Crippen LogP contribution >= 0.6 is 7.82 Å². The fourth-order valence-corrected chi connectivity index (χ4v) is 6.17. The fraction of sp³-hybridized carbons (Fsp3) is 0.773. The molecule has 0 spiro atoms. The number of allylic oxidation sites excluding steroid dienone is 7. The number of unbranched alkanes of at least 4 members (excludes halogenated alkanes) is 18. The molecular weight excluding hydrogens is 701 g/mol. The van der Waals surface area contributed by atoms with Crippen LogP contribution in [0.15, 0.2) is 48.8 Å². The Morgan fingerprint density at radius 2 is 1.15 bits per heavy atom. The summed E-state index contributed by atoms with van der Waals surface area (Å²) in [5.74, 6) is -0.151. The van der Waals surface area contributed by atoms with Gasteiger partial charge in [-0.1, -0.05) is 121 Å². The monoisotopic (exact) mass is 782 g/mol. The maximum atomic E-state index is 12.5. The highest BCUT2D eigenvalue weighted by atomic mass is 31.2. The number of carbonyl (C=O) groups excluding carboxylic acids is 2. The summed E-state index contributed by atoms with van der Waals surface area (Å²) in [6.45, 7) is 4.48. The van der Waals surface area contributed by atoms with E-state index in [1.807, 2.05) is 39.4 Å². The van der Waals surface area contributed by atoms with Crippen LogP contribution in [0.2, 0.25) is 0 Å². The summed E-state index contributed by atoms with van der Waals surface area (Å²) >= 11 is 0. The molecule has 1 unspecified atom stereocenters. The van der Waals surface area contributed by atoms with Gasteiger partial charge in [0, 0.05) is 12.8 Å². The third-order valence-electron chi connectivity index (χ3n) is 8.92. The first-order valence-corrected chi connectivity index (χ1v) is 22.8. The van der Waals surface area contributed by atoms with Crippen molar-refractivity contribution in [2.24, 2.45) is 0 Å². The van der Waals surface area contributed by atoms with Crippen molar-refractivity contribution in [3.8, 4) is 0 Å². The summed E-state index contributed by atoms with van der Waals surface area (Å²) in [7, 11) is 1.30. The minimum atomic E-state index is -4.54. The van der Waals surface area contributed by atoms with E-state index < -0.39 is 13.9 Å². The molecule has 0 rings (SSSR count). The zero-order chi connectivity index (χ0) is 40.0. The number of esters is 1. The summed E-state index contributed by atoms with van der Waals surface area (Å²) in [4.78, 5) is 36.5. The number of carbonyl (C=O) groups is 2. The van der Waals surface area contributed by atoms with Crippen molar-refractivity contribution in [1.29, 1.82) is 0 Å². The van der Waals surface area contributed by atoms with Crippen LogP contribution in [0.25, 0.3) is 0 Å². The van der Waals surface area contributed by atoms with Gasteiger partial charge in [-0.05, 0) is 76.4 Å². The minimum Gasteiger partial charge on any atom is -0.756 e. The van der Waals surface area contributed by atoms with E-state index in [2.05, 4.69) is 32.1 Å². The molecule has 0 aliphatic heterocycles. The van der Waals surface area contributed by atoms with Crippen molar-refractivity contribution >= 4 is 19.6 Å². The average molecular weight is 782 g/mol. The van der Waals surface area contributed by atoms with E-state index >= 15 is 0 Å². The molecule has 0 bridgehead atoms. The predicted molar refractivity (Wildman–Crippen MR) is 222 cm³/mol. The van der Waals surface area contributed by atoms with Gasteiger partial charge in [0.15, 0.2) is 11.9 Å². The second-order valence-electron chi connectivity index (χ2n) is 15.4. The van der Waals surface area contributed by atoms with E-state index in [9.17, 15) is 19.0 Å². The lowest BCUT2D eigenvalue weighted by Crippen LogP contribution is -2.37. The number of phosphoric acid groups is 1. The normalized spacial score (nSPS) is 14.1. The Morgan fingerprint density at radius 1 is 0.630 bits per heavy atom. The molecule has 0 fully saturated rings. The van der Waals surface area contributed by atoms with Gasteiger partial charge in [0.25, 0.3) is 7.82 Å². The highest BCUT2D eigenvalue weighted by Gasteiger charge is 2.19. The molecule has 2 atom stereocenters. The van der Waals surface area contributed by atoms with Crippen LogP contribution < -0.4 is 4.89 Å². The molecule has 0 radical (unpaired) electrons. The number of likely N-dealkylation sites (N-methyl/N-ethyl adjacent to an activating group) is 1. The first-order valence-electron chi connectivity index (χ1n) is 21.4. The average Bonchev–Trinajstić information content (AvgIpc) is 3.12. The van der Waals surface area contributed by atoms with Crippen molar-refractivity contribution in [1.82, 2.24) is 0 Å². The number of nitrogens with zero attached hydrogens (tertiary/aromatic N) is 1. The maximum Gasteiger partial charge on any atom is 0.305 e. The van der Waals surface area contributed by atoms with E-state index in [-0.39, 0.29) is 31.6 Å². The lowest BCUT2D eigenvalue weighted by atomic mass is 10.1. The van der Waals surface area contributed by atoms with Crippen molar-refractivity contribution in [3.63, 3.8) is 0 Å². The van der Waals surface area contributed by atoms with Gasteiger partial charge in [-0.25, -0.2) is 0 Å². The predicted octanol–water partition coefficient (Wildman–Crippen LogP) is 11.3. The van der Waals surface area contributed by atoms with Gasteiger partial charge in [-0.3, -0.25) is 14.2 Å². The van der Waals surface area contributed by atoms with Gasteiger partial charge in [-0.15, -0.1) is 0 Å². The second kappa shape index (κ2) is 36.6. The molecule has 0 aliphatic carbocycles. The molecule has 0 N–H and O–H groups in total. The van der Waals surface area contributed by atoms with Crippen LogP contribution in [-0.4, -0.2) is 69.8 Å². The van der Waals surface area contributed by atoms with Crippen LogP contribution in [0.5, 0.6) is 0 Å². The topological polar surface area (TPSA) is 111 Å². The van der Waals surface area contributed by atoms with E-state index in [0.29, 0.717) is 23.9 Å². The lowest BCUT2D eigenvalue weighted by molar-refractivity contribution is -0.870. The number of quaternary nitrogens is 1. The van der Waals surface area contributed by atoms with E-state index in [1.54, 1.807) is 12.3 Å². The molecule has 314 valence electrons. The summed E-state index contributed by atoms with van der Waals surface area (Å²) in [5, 5.41) is 0. The molecule has 0 aromatic heterocycles. The number of ether oxygens (including phenoxy) is 2. The number of hydrogen-bond acceptors (Lipinski definition) is 8. The second-order valence-corrected chi connectivity index (χ2v) is 16.9. The van der Waals surface area contributed by atoms with Gasteiger partial charge in [0.2, 0.25) is 0 Å². The van der Waals surface area contributed by atoms with Crippen molar-refractivity contribution in [2.75, 3.05) is 47.5 Å². The number of ketones is 1. The number of phosphoric ester groups is 1. The van der Waals surface area contributed by atoms with Crippen molar-refractivity contribution < 1.29 is 42.1 Å². The maximum absolute atomic E-state index is 12.5. The van der Waals surface area contributed by atoms with Gasteiger partial charge >= 0.3 is 5.97 Å². The molecule has 9 nitrogen and oxygen atoms in total. The molecule has 0 saturated heterocycles. The van der Waals surface area contributed by atoms with E-state index in [4.69, 9.17) is 18.5 Å². The number of rotatable bonds is 39. The van der Waals surface area contributed by atoms with Crippen LogP contribution in [-0.2, 0) is 32.7 Å². The van der Waals surface area contributed by atoms with Crippen molar-refractivity contribution in [3.05, 3.63) is 48.8 Å². The van der Waals surface area contributed by atoms with E-state index in [1.165, 1.54) is 57.8 Å². The third-order valence-corrected chi connectivity index (χ3v) is 9.88. The molecule has 0 aliphatic rings. The Morgan fingerprint density at radius 3 is 1.76 bits per heavy atom. The molecule has 10 heteroatoms. The van der Waals surface area contributed by atoms with E-state index in [0.717, 1.165) is 83.5 Å². The molecule has 0 heterocycles. The van der Waals surface area contributed by atoms with Gasteiger partial charge in [0.1, 0.15) is 19.8 Å². The largest absolute Gasteiger partial charge is 0.756 e. The summed E-state index contributed by atoms with van der Waals surface area (Å²) in [6, 6.07) is 0. The zero-order valence-electron chi connectivity index (χ0n) is 35.2. The van der Waals surface area contributed by atoms with Crippen LogP contribution in [0.4, 0.5) is 0 Å². The molecule has 0 aromatic carbocycles. The van der Waals surface area contributed by atoms with Gasteiger partial charge < -0.3 is 27.9 Å². The Kier molecular flexibility index (Phi) is 35.2. The Bertz CT molecular complexity index is 1070. The van der Waals surface area contributed by atoms with Crippen LogP contribution in [0.3, 0.4) is 0 Å². The molecule has 0 saturated carbocycles. The fourth-order valence-electron chi connectivity index (χ4n) is 5.45. The van der Waals surface area contributed by atoms with Gasteiger partial charge in [0.05, 0.1) is 34.0 Å². The Hall–Kier alpha value is -2.03. The quantitative estimate of drug-likeness (QED) is 0.00886. The molecule has 54 heavy (non-hydrogen) atoms. The Balaban J connectivity index is 4.39. The lowest BCUT2D eigenvalue weighted by Gasteiger charge is -2.28. The molecular formula is C44H80NO8P. The Labute approximate surface area is 331 Å². The number of hydrogen-bond donors (Lipinski definition) is 0.